The van der Waals surface area contributed by atoms with Gasteiger partial charge < -0.3 is 4.74 Å². The summed E-state index contributed by atoms with van der Waals surface area (Å²) in [5, 5.41) is 5.50. The maximum Gasteiger partial charge on any atom is 0.310 e. The fourth-order valence-corrected chi connectivity index (χ4v) is 2.17. The number of hydrogen-bond acceptors (Lipinski definition) is 3. The standard InChI is InChI=1S/C15H20N2O2/c1-5-19-13(18)9-11-7-6-8-12-10-16-17(14(11)12)15(2,3)4/h6-8,10H,5,9H2,1-4H3. The molecule has 4 heteroatoms. The van der Waals surface area contributed by atoms with Crippen molar-refractivity contribution in [2.24, 2.45) is 0 Å². The second-order valence-electron chi connectivity index (χ2n) is 5.56. The average Bonchev–Trinajstić information content (AvgIpc) is 2.73. The predicted octanol–water partition coefficient (Wildman–Crippen LogP) is 2.90. The first kappa shape index (κ1) is 13.6. The van der Waals surface area contributed by atoms with Gasteiger partial charge in [-0.25, -0.2) is 0 Å². The topological polar surface area (TPSA) is 44.1 Å². The summed E-state index contributed by atoms with van der Waals surface area (Å²) in [6.45, 7) is 8.52. The molecule has 0 saturated carbocycles. The van der Waals surface area contributed by atoms with Crippen molar-refractivity contribution in [1.82, 2.24) is 9.78 Å². The van der Waals surface area contributed by atoms with Crippen LogP contribution < -0.4 is 0 Å². The third-order valence-corrected chi connectivity index (χ3v) is 2.95. The molecular weight excluding hydrogens is 240 g/mol. The van der Waals surface area contributed by atoms with Crippen molar-refractivity contribution in [2.45, 2.75) is 39.7 Å². The fourth-order valence-electron chi connectivity index (χ4n) is 2.17. The number of para-hydroxylation sites is 1. The van der Waals surface area contributed by atoms with Crippen LogP contribution in [0.5, 0.6) is 0 Å². The highest BCUT2D eigenvalue weighted by Crippen LogP contribution is 2.25. The van der Waals surface area contributed by atoms with E-state index >= 15 is 0 Å². The third-order valence-electron chi connectivity index (χ3n) is 2.95. The molecule has 0 aliphatic heterocycles. The van der Waals surface area contributed by atoms with Crippen LogP contribution in [0.2, 0.25) is 0 Å². The lowest BCUT2D eigenvalue weighted by Gasteiger charge is -2.21. The largest absolute Gasteiger partial charge is 0.466 e. The van der Waals surface area contributed by atoms with Gasteiger partial charge >= 0.3 is 5.97 Å². The highest BCUT2D eigenvalue weighted by atomic mass is 16.5. The van der Waals surface area contributed by atoms with E-state index in [1.165, 1.54) is 0 Å². The number of rotatable bonds is 3. The smallest absolute Gasteiger partial charge is 0.310 e. The zero-order valence-corrected chi connectivity index (χ0v) is 11.9. The summed E-state index contributed by atoms with van der Waals surface area (Å²) in [6.07, 6.45) is 2.13. The molecule has 0 radical (unpaired) electrons. The molecule has 0 atom stereocenters. The molecule has 0 unspecified atom stereocenters. The maximum atomic E-state index is 11.7. The SMILES string of the molecule is CCOC(=O)Cc1cccc2cnn(C(C)(C)C)c12. The van der Waals surface area contributed by atoms with E-state index in [0.29, 0.717) is 6.61 Å². The van der Waals surface area contributed by atoms with Crippen LogP contribution >= 0.6 is 0 Å². The molecule has 0 bridgehead atoms. The molecule has 1 aromatic heterocycles. The molecule has 0 fully saturated rings. The quantitative estimate of drug-likeness (QED) is 0.797. The summed E-state index contributed by atoms with van der Waals surface area (Å²) in [7, 11) is 0. The van der Waals surface area contributed by atoms with E-state index in [0.717, 1.165) is 16.5 Å². The molecule has 102 valence electrons. The summed E-state index contributed by atoms with van der Waals surface area (Å²) in [5.41, 5.74) is 1.86. The first-order valence-electron chi connectivity index (χ1n) is 6.55. The van der Waals surface area contributed by atoms with E-state index in [4.69, 9.17) is 4.74 Å². The number of aromatic nitrogens is 2. The fraction of sp³-hybridized carbons (Fsp3) is 0.467. The van der Waals surface area contributed by atoms with Crippen LogP contribution in [-0.4, -0.2) is 22.4 Å². The van der Waals surface area contributed by atoms with Crippen LogP contribution in [0.4, 0.5) is 0 Å². The molecule has 0 N–H and O–H groups in total. The Balaban J connectivity index is 2.49. The van der Waals surface area contributed by atoms with Crippen molar-refractivity contribution in [2.75, 3.05) is 6.61 Å². The zero-order chi connectivity index (χ0) is 14.0. The van der Waals surface area contributed by atoms with Gasteiger partial charge in [-0.15, -0.1) is 0 Å². The van der Waals surface area contributed by atoms with Crippen LogP contribution in [0.15, 0.2) is 24.4 Å². The van der Waals surface area contributed by atoms with Gasteiger partial charge in [-0.1, -0.05) is 18.2 Å². The minimum Gasteiger partial charge on any atom is -0.466 e. The van der Waals surface area contributed by atoms with E-state index in [2.05, 4.69) is 25.9 Å². The van der Waals surface area contributed by atoms with Crippen molar-refractivity contribution < 1.29 is 9.53 Å². The Labute approximate surface area is 113 Å². The van der Waals surface area contributed by atoms with E-state index in [1.807, 2.05) is 36.0 Å². The Bertz CT molecular complexity index is 594. The van der Waals surface area contributed by atoms with Crippen LogP contribution in [0.1, 0.15) is 33.3 Å². The van der Waals surface area contributed by atoms with Gasteiger partial charge in [0.2, 0.25) is 0 Å². The van der Waals surface area contributed by atoms with Crippen LogP contribution in [0.25, 0.3) is 10.9 Å². The van der Waals surface area contributed by atoms with Gasteiger partial charge in [-0.3, -0.25) is 9.48 Å². The minimum absolute atomic E-state index is 0.119. The van der Waals surface area contributed by atoms with E-state index < -0.39 is 0 Å². The number of esters is 1. The Hall–Kier alpha value is -1.84. The average molecular weight is 260 g/mol. The van der Waals surface area contributed by atoms with Gasteiger partial charge in [0.15, 0.2) is 0 Å². The van der Waals surface area contributed by atoms with E-state index in [-0.39, 0.29) is 17.9 Å². The van der Waals surface area contributed by atoms with Crippen molar-refractivity contribution in [3.05, 3.63) is 30.0 Å². The van der Waals surface area contributed by atoms with Crippen LogP contribution in [0, 0.1) is 0 Å². The minimum atomic E-state index is -0.198. The van der Waals surface area contributed by atoms with Gasteiger partial charge in [0, 0.05) is 5.39 Å². The normalized spacial score (nSPS) is 11.8. The molecule has 2 rings (SSSR count). The molecule has 0 saturated heterocycles. The number of ether oxygens (including phenoxy) is 1. The number of nitrogens with zero attached hydrogens (tertiary/aromatic N) is 2. The van der Waals surface area contributed by atoms with Gasteiger partial charge in [0.25, 0.3) is 0 Å². The Morgan fingerprint density at radius 1 is 1.37 bits per heavy atom. The summed E-state index contributed by atoms with van der Waals surface area (Å²) in [6, 6.07) is 5.92. The Kier molecular flexibility index (Phi) is 3.60. The highest BCUT2D eigenvalue weighted by molar-refractivity contribution is 5.86. The first-order valence-corrected chi connectivity index (χ1v) is 6.55. The lowest BCUT2D eigenvalue weighted by molar-refractivity contribution is -0.142. The lowest BCUT2D eigenvalue weighted by Crippen LogP contribution is -2.23. The van der Waals surface area contributed by atoms with Gasteiger partial charge in [0.05, 0.1) is 30.3 Å². The molecular formula is C15H20N2O2. The molecule has 1 aromatic carbocycles. The molecule has 2 aromatic rings. The summed E-state index contributed by atoms with van der Waals surface area (Å²) in [5.74, 6) is -0.198. The number of benzene rings is 1. The van der Waals surface area contributed by atoms with E-state index in [9.17, 15) is 4.79 Å². The number of fused-ring (bicyclic) bond motifs is 1. The van der Waals surface area contributed by atoms with Crippen LogP contribution in [-0.2, 0) is 21.5 Å². The zero-order valence-electron chi connectivity index (χ0n) is 11.9. The first-order chi connectivity index (χ1) is 8.93. The highest BCUT2D eigenvalue weighted by Gasteiger charge is 2.19. The van der Waals surface area contributed by atoms with Crippen LogP contribution in [0.3, 0.4) is 0 Å². The predicted molar refractivity (Wildman–Crippen MR) is 75.1 cm³/mol. The lowest BCUT2D eigenvalue weighted by atomic mass is 10.1. The molecule has 0 aliphatic rings. The number of carbonyl (C=O) groups is 1. The Morgan fingerprint density at radius 2 is 2.11 bits per heavy atom. The van der Waals surface area contributed by atoms with Crippen molar-refractivity contribution >= 4 is 16.9 Å². The van der Waals surface area contributed by atoms with Gasteiger partial charge in [0.1, 0.15) is 0 Å². The molecule has 0 aliphatic carbocycles. The molecule has 4 nitrogen and oxygen atoms in total. The summed E-state index contributed by atoms with van der Waals surface area (Å²) in [4.78, 5) is 11.7. The number of carbonyl (C=O) groups excluding carboxylic acids is 1. The molecule has 0 amide bonds. The molecule has 19 heavy (non-hydrogen) atoms. The Morgan fingerprint density at radius 3 is 2.74 bits per heavy atom. The van der Waals surface area contributed by atoms with Crippen molar-refractivity contribution in [1.29, 1.82) is 0 Å². The van der Waals surface area contributed by atoms with Gasteiger partial charge in [-0.05, 0) is 33.3 Å². The molecule has 1 heterocycles. The third kappa shape index (κ3) is 2.78. The van der Waals surface area contributed by atoms with Gasteiger partial charge in [-0.2, -0.15) is 5.10 Å². The summed E-state index contributed by atoms with van der Waals surface area (Å²) < 4.78 is 7.00. The molecule has 0 spiro atoms. The summed E-state index contributed by atoms with van der Waals surface area (Å²) >= 11 is 0. The van der Waals surface area contributed by atoms with Crippen molar-refractivity contribution in [3.63, 3.8) is 0 Å². The van der Waals surface area contributed by atoms with E-state index in [1.54, 1.807) is 0 Å². The second kappa shape index (κ2) is 5.03. The maximum absolute atomic E-state index is 11.7. The number of hydrogen-bond donors (Lipinski definition) is 0. The van der Waals surface area contributed by atoms with Crippen molar-refractivity contribution in [3.8, 4) is 0 Å². The second-order valence-corrected chi connectivity index (χ2v) is 5.56. The monoisotopic (exact) mass is 260 g/mol.